The number of rotatable bonds is 26. The summed E-state index contributed by atoms with van der Waals surface area (Å²) in [7, 11) is 0. The van der Waals surface area contributed by atoms with Gasteiger partial charge in [0.15, 0.2) is 0 Å². The number of benzene rings is 5. The molecule has 0 aliphatic rings. The molecule has 0 unspecified atom stereocenters. The highest BCUT2D eigenvalue weighted by Gasteiger charge is 2.11. The Hall–Kier alpha value is -6.09. The molecule has 5 rings (SSSR count). The van der Waals surface area contributed by atoms with Crippen molar-refractivity contribution in [3.05, 3.63) is 138 Å². The van der Waals surface area contributed by atoms with Crippen LogP contribution in [0.25, 0.3) is 0 Å². The van der Waals surface area contributed by atoms with Crippen molar-refractivity contribution in [2.24, 2.45) is 15.2 Å². The van der Waals surface area contributed by atoms with E-state index in [2.05, 4.69) is 29.1 Å². The Balaban J connectivity index is 1.02. The van der Waals surface area contributed by atoms with Crippen LogP contribution in [0.1, 0.15) is 130 Å². The van der Waals surface area contributed by atoms with Crippen LogP contribution in [0.5, 0.6) is 23.0 Å². The topological polar surface area (TPSA) is 108 Å². The quantitative estimate of drug-likeness (QED) is 0.0181. The van der Waals surface area contributed by atoms with Crippen molar-refractivity contribution in [2.45, 2.75) is 104 Å². The number of carbonyl (C=O) groups excluding carboxylic acids is 2. The van der Waals surface area contributed by atoms with Crippen LogP contribution in [0.3, 0.4) is 0 Å². The lowest BCUT2D eigenvalue weighted by atomic mass is 10.1. The fourth-order valence-electron chi connectivity index (χ4n) is 6.31. The van der Waals surface area contributed by atoms with Crippen LogP contribution in [-0.2, 0) is 0 Å². The summed E-state index contributed by atoms with van der Waals surface area (Å²) in [6, 6.07) is 35.4. The van der Waals surface area contributed by atoms with E-state index in [1.165, 1.54) is 77.0 Å². The molecule has 0 radical (unpaired) electrons. The molecule has 9 nitrogen and oxygen atoms in total. The van der Waals surface area contributed by atoms with Gasteiger partial charge in [-0.2, -0.15) is 10.2 Å². The van der Waals surface area contributed by atoms with E-state index >= 15 is 0 Å². The van der Waals surface area contributed by atoms with E-state index in [1.54, 1.807) is 103 Å². The Labute approximate surface area is 355 Å². The summed E-state index contributed by atoms with van der Waals surface area (Å²) in [5.74, 6) is 1.42. The van der Waals surface area contributed by atoms with Gasteiger partial charge in [0.05, 0.1) is 41.4 Å². The van der Waals surface area contributed by atoms with Crippen molar-refractivity contribution in [2.75, 3.05) is 13.2 Å². The molecule has 0 aliphatic carbocycles. The van der Waals surface area contributed by atoms with E-state index in [0.29, 0.717) is 46.3 Å². The average molecular weight is 810 g/mol. The molecule has 314 valence electrons. The van der Waals surface area contributed by atoms with E-state index in [0.717, 1.165) is 36.5 Å². The summed E-state index contributed by atoms with van der Waals surface area (Å²) >= 11 is 0. The molecule has 0 N–H and O–H groups in total. The molecule has 0 amide bonds. The minimum atomic E-state index is -0.507. The number of ether oxygens (including phenoxy) is 4. The van der Waals surface area contributed by atoms with Gasteiger partial charge in [-0.25, -0.2) is 9.59 Å². The third-order valence-corrected chi connectivity index (χ3v) is 9.82. The van der Waals surface area contributed by atoms with Gasteiger partial charge < -0.3 is 18.9 Å². The number of hydrogen-bond donors (Lipinski definition) is 0. The minimum Gasteiger partial charge on any atom is -0.494 e. The van der Waals surface area contributed by atoms with Crippen molar-refractivity contribution < 1.29 is 28.5 Å². The highest BCUT2D eigenvalue weighted by Crippen LogP contribution is 2.25. The van der Waals surface area contributed by atoms with E-state index < -0.39 is 11.9 Å². The maximum absolute atomic E-state index is 13.0. The first-order valence-corrected chi connectivity index (χ1v) is 21.6. The van der Waals surface area contributed by atoms with E-state index in [4.69, 9.17) is 18.9 Å². The Bertz CT molecular complexity index is 2060. The molecule has 5 aromatic carbocycles. The molecular weight excluding hydrogens is 751 g/mol. The van der Waals surface area contributed by atoms with Gasteiger partial charge in [0.25, 0.3) is 0 Å². The number of nitrogens with zero attached hydrogens (tertiary/aromatic N) is 3. The Morgan fingerprint density at radius 3 is 1.40 bits per heavy atom. The van der Waals surface area contributed by atoms with E-state index in [9.17, 15) is 9.59 Å². The smallest absolute Gasteiger partial charge is 0.343 e. The zero-order valence-electron chi connectivity index (χ0n) is 35.2. The van der Waals surface area contributed by atoms with Crippen LogP contribution in [0.4, 0.5) is 17.1 Å². The predicted octanol–water partition coefficient (Wildman–Crippen LogP) is 14.5. The van der Waals surface area contributed by atoms with Gasteiger partial charge in [-0.1, -0.05) is 97.0 Å². The van der Waals surface area contributed by atoms with Crippen LogP contribution >= 0.6 is 0 Å². The third kappa shape index (κ3) is 16.6. The van der Waals surface area contributed by atoms with Crippen LogP contribution in [0.15, 0.2) is 137 Å². The summed E-state index contributed by atoms with van der Waals surface area (Å²) in [5, 5.41) is 8.64. The number of esters is 2. The number of aliphatic imine (C=N–C) groups is 1. The zero-order chi connectivity index (χ0) is 42.0. The van der Waals surface area contributed by atoms with Crippen LogP contribution in [0.2, 0.25) is 0 Å². The molecule has 0 spiro atoms. The summed E-state index contributed by atoms with van der Waals surface area (Å²) in [5.41, 5.74) is 3.52. The standard InChI is InChI=1S/C51H59N3O6/c1-3-5-7-9-11-12-14-16-37-58-47-32-24-43(25-33-47)53-54-44-26-34-49(35-27-44)60-51(56)42-18-17-19-45(38-42)52-39-40-20-28-48(29-21-40)59-50(55)41-22-30-46(31-23-41)57-36-15-13-10-8-6-4-2/h17-35,38-39H,3-16,36-37H2,1-2H3. The molecule has 0 bridgehead atoms. The molecule has 9 heteroatoms. The molecule has 0 saturated heterocycles. The van der Waals surface area contributed by atoms with E-state index in [1.807, 2.05) is 24.3 Å². The van der Waals surface area contributed by atoms with Crippen LogP contribution in [0, 0.1) is 0 Å². The molecule has 0 fully saturated rings. The summed E-state index contributed by atoms with van der Waals surface area (Å²) < 4.78 is 22.9. The molecular formula is C51H59N3O6. The van der Waals surface area contributed by atoms with Gasteiger partial charge in [0.1, 0.15) is 23.0 Å². The van der Waals surface area contributed by atoms with Gasteiger partial charge in [-0.3, -0.25) is 4.99 Å². The summed E-state index contributed by atoms with van der Waals surface area (Å²) in [6.45, 7) is 5.85. The minimum absolute atomic E-state index is 0.360. The first-order chi connectivity index (χ1) is 29.5. The van der Waals surface area contributed by atoms with E-state index in [-0.39, 0.29) is 0 Å². The lowest BCUT2D eigenvalue weighted by Crippen LogP contribution is -2.08. The second-order valence-electron chi connectivity index (χ2n) is 14.8. The van der Waals surface area contributed by atoms with Crippen molar-refractivity contribution in [1.82, 2.24) is 0 Å². The number of unbranched alkanes of at least 4 members (excludes halogenated alkanes) is 12. The van der Waals surface area contributed by atoms with Crippen molar-refractivity contribution in [3.63, 3.8) is 0 Å². The number of hydrogen-bond acceptors (Lipinski definition) is 9. The SMILES string of the molecule is CCCCCCCCCCOc1ccc(N=Nc2ccc(OC(=O)c3cccc(N=Cc4ccc(OC(=O)c5ccc(OCCCCCCCC)cc5)cc4)c3)cc2)cc1. The molecule has 0 heterocycles. The molecule has 0 aromatic heterocycles. The molecule has 60 heavy (non-hydrogen) atoms. The van der Waals surface area contributed by atoms with Gasteiger partial charge in [-0.15, -0.1) is 0 Å². The molecule has 0 saturated carbocycles. The maximum Gasteiger partial charge on any atom is 0.343 e. The maximum atomic E-state index is 13.0. The van der Waals surface area contributed by atoms with Crippen LogP contribution < -0.4 is 18.9 Å². The Morgan fingerprint density at radius 2 is 0.883 bits per heavy atom. The van der Waals surface area contributed by atoms with Crippen molar-refractivity contribution >= 4 is 35.2 Å². The molecule has 5 aromatic rings. The molecule has 0 atom stereocenters. The molecule has 0 aliphatic heterocycles. The van der Waals surface area contributed by atoms with Gasteiger partial charge in [0, 0.05) is 6.21 Å². The Morgan fingerprint density at radius 1 is 0.450 bits per heavy atom. The van der Waals surface area contributed by atoms with Crippen molar-refractivity contribution in [1.29, 1.82) is 0 Å². The normalized spacial score (nSPS) is 11.2. The fraction of sp³-hybridized carbons (Fsp3) is 0.353. The van der Waals surface area contributed by atoms with Gasteiger partial charge in [-0.05, 0) is 134 Å². The second-order valence-corrected chi connectivity index (χ2v) is 14.8. The number of carbonyl (C=O) groups is 2. The largest absolute Gasteiger partial charge is 0.494 e. The summed E-state index contributed by atoms with van der Waals surface area (Å²) in [6.07, 6.45) is 19.1. The predicted molar refractivity (Wildman–Crippen MR) is 241 cm³/mol. The summed E-state index contributed by atoms with van der Waals surface area (Å²) in [4.78, 5) is 30.2. The first kappa shape index (κ1) is 45.0. The highest BCUT2D eigenvalue weighted by molar-refractivity contribution is 5.93. The second kappa shape index (κ2) is 26.1. The van der Waals surface area contributed by atoms with Crippen molar-refractivity contribution in [3.8, 4) is 23.0 Å². The van der Waals surface area contributed by atoms with Gasteiger partial charge >= 0.3 is 11.9 Å². The lowest BCUT2D eigenvalue weighted by molar-refractivity contribution is 0.0725. The highest BCUT2D eigenvalue weighted by atomic mass is 16.5. The lowest BCUT2D eigenvalue weighted by Gasteiger charge is -2.08. The first-order valence-electron chi connectivity index (χ1n) is 21.6. The third-order valence-electron chi connectivity index (χ3n) is 9.82. The Kier molecular flexibility index (Phi) is 19.6. The van der Waals surface area contributed by atoms with Crippen LogP contribution in [-0.4, -0.2) is 31.4 Å². The number of azo groups is 1. The fourth-order valence-corrected chi connectivity index (χ4v) is 6.31. The van der Waals surface area contributed by atoms with Gasteiger partial charge in [0.2, 0.25) is 0 Å². The zero-order valence-corrected chi connectivity index (χ0v) is 35.2. The monoisotopic (exact) mass is 809 g/mol. The average Bonchev–Trinajstić information content (AvgIpc) is 3.28.